The average molecular weight is 347 g/mol. The maximum absolute atomic E-state index is 10.9. The van der Waals surface area contributed by atoms with Gasteiger partial charge in [-0.25, -0.2) is 4.98 Å². The van der Waals surface area contributed by atoms with E-state index in [4.69, 9.17) is 4.74 Å². The highest BCUT2D eigenvalue weighted by atomic mass is 16.5. The summed E-state index contributed by atoms with van der Waals surface area (Å²) in [7, 11) is 0. The zero-order chi connectivity index (χ0) is 17.8. The summed E-state index contributed by atoms with van der Waals surface area (Å²) in [6.07, 6.45) is 6.49. The molecule has 2 aromatic carbocycles. The molecule has 4 rings (SSSR count). The van der Waals surface area contributed by atoms with Crippen LogP contribution in [0.2, 0.25) is 0 Å². The molecule has 1 aromatic heterocycles. The van der Waals surface area contributed by atoms with E-state index in [1.165, 1.54) is 5.56 Å². The van der Waals surface area contributed by atoms with Gasteiger partial charge in [-0.05, 0) is 41.7 Å². The molecular weight excluding hydrogens is 326 g/mol. The molecule has 1 unspecified atom stereocenters. The van der Waals surface area contributed by atoms with E-state index >= 15 is 0 Å². The molecule has 2 N–H and O–H groups in total. The number of aromatic nitrogens is 2. The van der Waals surface area contributed by atoms with Gasteiger partial charge in [-0.2, -0.15) is 0 Å². The first-order valence-corrected chi connectivity index (χ1v) is 8.77. The smallest absolute Gasteiger partial charge is 0.237 e. The van der Waals surface area contributed by atoms with E-state index in [2.05, 4.69) is 21.4 Å². The van der Waals surface area contributed by atoms with Crippen molar-refractivity contribution in [3.63, 3.8) is 0 Å². The summed E-state index contributed by atoms with van der Waals surface area (Å²) in [5.74, 6) is 1.19. The Bertz CT molecular complexity index is 868. The third-order valence-corrected chi connectivity index (χ3v) is 4.76. The van der Waals surface area contributed by atoms with E-state index in [0.29, 0.717) is 19.0 Å². The summed E-state index contributed by atoms with van der Waals surface area (Å²) in [5.41, 5.74) is 2.67. The molecule has 0 bridgehead atoms. The molecule has 1 aliphatic rings. The number of nitrogens with one attached hydrogen (secondary N) is 1. The highest BCUT2D eigenvalue weighted by molar-refractivity contribution is 5.37. The zero-order valence-electron chi connectivity index (χ0n) is 14.4. The molecule has 0 fully saturated rings. The molecule has 0 spiro atoms. The van der Waals surface area contributed by atoms with Gasteiger partial charge >= 0.3 is 0 Å². The van der Waals surface area contributed by atoms with Crippen molar-refractivity contribution < 1.29 is 9.84 Å². The van der Waals surface area contributed by atoms with Crippen molar-refractivity contribution >= 4 is 0 Å². The van der Waals surface area contributed by atoms with E-state index in [9.17, 15) is 5.11 Å². The zero-order valence-corrected chi connectivity index (χ0v) is 14.4. The molecule has 0 aliphatic heterocycles. The highest BCUT2D eigenvalue weighted by Crippen LogP contribution is 2.36. The van der Waals surface area contributed by atoms with Gasteiger partial charge in [0.1, 0.15) is 11.4 Å². The number of rotatable bonds is 6. The van der Waals surface area contributed by atoms with Crippen LogP contribution < -0.4 is 10.1 Å². The number of hydrogen-bond acceptors (Lipinski definition) is 5. The molecule has 3 aromatic rings. The van der Waals surface area contributed by atoms with Crippen LogP contribution in [0.15, 0.2) is 67.1 Å². The lowest BCUT2D eigenvalue weighted by atomic mass is 9.96. The lowest BCUT2D eigenvalue weighted by Crippen LogP contribution is -2.35. The lowest BCUT2D eigenvalue weighted by Gasteiger charge is -2.24. The Morgan fingerprint density at radius 3 is 2.73 bits per heavy atom. The second-order valence-corrected chi connectivity index (χ2v) is 6.58. The fourth-order valence-electron chi connectivity index (χ4n) is 3.40. The molecule has 132 valence electrons. The van der Waals surface area contributed by atoms with Crippen molar-refractivity contribution in [2.45, 2.75) is 25.0 Å². The predicted octanol–water partition coefficient (Wildman–Crippen LogP) is 3.19. The van der Waals surface area contributed by atoms with Crippen LogP contribution in [-0.2, 0) is 18.6 Å². The Labute approximate surface area is 152 Å². The second kappa shape index (κ2) is 7.23. The minimum absolute atomic E-state index is 0.473. The molecule has 0 saturated carbocycles. The number of benzene rings is 2. The fraction of sp³-hybridized carbons (Fsp3) is 0.238. The van der Waals surface area contributed by atoms with Gasteiger partial charge in [0.05, 0.1) is 6.20 Å². The Kier molecular flexibility index (Phi) is 4.65. The van der Waals surface area contributed by atoms with Gasteiger partial charge in [0.15, 0.2) is 0 Å². The van der Waals surface area contributed by atoms with Crippen LogP contribution in [0.4, 0.5) is 0 Å². The molecule has 5 nitrogen and oxygen atoms in total. The summed E-state index contributed by atoms with van der Waals surface area (Å²) in [6.45, 7) is 1.23. The Morgan fingerprint density at radius 2 is 1.92 bits per heavy atom. The largest absolute Gasteiger partial charge is 0.438 e. The molecule has 26 heavy (non-hydrogen) atoms. The minimum atomic E-state index is -0.772. The van der Waals surface area contributed by atoms with Crippen LogP contribution in [0.3, 0.4) is 0 Å². The van der Waals surface area contributed by atoms with Crippen LogP contribution in [0, 0.1) is 0 Å². The Morgan fingerprint density at radius 1 is 1.08 bits per heavy atom. The first kappa shape index (κ1) is 16.7. The highest BCUT2D eigenvalue weighted by Gasteiger charge is 2.35. The van der Waals surface area contributed by atoms with E-state index in [1.54, 1.807) is 18.6 Å². The van der Waals surface area contributed by atoms with Gasteiger partial charge in [0.25, 0.3) is 0 Å². The number of aryl methyl sites for hydroxylation is 1. The van der Waals surface area contributed by atoms with E-state index in [0.717, 1.165) is 29.7 Å². The molecule has 0 saturated heterocycles. The van der Waals surface area contributed by atoms with Crippen molar-refractivity contribution in [3.05, 3.63) is 83.8 Å². The van der Waals surface area contributed by atoms with Gasteiger partial charge in [0, 0.05) is 25.5 Å². The molecule has 5 heteroatoms. The van der Waals surface area contributed by atoms with Crippen molar-refractivity contribution in [1.82, 2.24) is 15.3 Å². The van der Waals surface area contributed by atoms with E-state index < -0.39 is 5.60 Å². The number of hydrogen-bond donors (Lipinski definition) is 2. The summed E-state index contributed by atoms with van der Waals surface area (Å²) < 4.78 is 5.64. The summed E-state index contributed by atoms with van der Waals surface area (Å²) in [4.78, 5) is 8.07. The van der Waals surface area contributed by atoms with Crippen LogP contribution in [0.1, 0.15) is 23.1 Å². The molecule has 1 heterocycles. The minimum Gasteiger partial charge on any atom is -0.438 e. The quantitative estimate of drug-likeness (QED) is 0.717. The summed E-state index contributed by atoms with van der Waals surface area (Å²) >= 11 is 0. The molecule has 0 radical (unpaired) electrons. The number of ether oxygens (including phenoxy) is 1. The van der Waals surface area contributed by atoms with Crippen molar-refractivity contribution in [2.75, 3.05) is 6.54 Å². The van der Waals surface area contributed by atoms with E-state index in [1.807, 2.05) is 42.5 Å². The number of fused-ring (bicyclic) bond motifs is 1. The molecular formula is C21H21N3O2. The van der Waals surface area contributed by atoms with E-state index in [-0.39, 0.29) is 0 Å². The normalized spacial score (nSPS) is 18.5. The van der Waals surface area contributed by atoms with Crippen LogP contribution in [0.5, 0.6) is 11.6 Å². The topological polar surface area (TPSA) is 67.3 Å². The van der Waals surface area contributed by atoms with Crippen LogP contribution in [-0.4, -0.2) is 21.6 Å². The first-order valence-electron chi connectivity index (χ1n) is 8.77. The SMILES string of the molecule is OC1(CNCc2ccc(Oc3cnccn3)cc2)CCc2ccccc21. The van der Waals surface area contributed by atoms with Crippen LogP contribution >= 0.6 is 0 Å². The molecule has 1 aliphatic carbocycles. The van der Waals surface area contributed by atoms with Gasteiger partial charge < -0.3 is 15.2 Å². The maximum atomic E-state index is 10.9. The maximum Gasteiger partial charge on any atom is 0.237 e. The Hall–Kier alpha value is -2.76. The van der Waals surface area contributed by atoms with Gasteiger partial charge in [-0.1, -0.05) is 36.4 Å². The summed E-state index contributed by atoms with van der Waals surface area (Å²) in [5, 5.41) is 14.3. The Balaban J connectivity index is 1.33. The lowest BCUT2D eigenvalue weighted by molar-refractivity contribution is 0.0384. The van der Waals surface area contributed by atoms with Crippen molar-refractivity contribution in [3.8, 4) is 11.6 Å². The standard InChI is InChI=1S/C21H21N3O2/c25-21(10-9-17-3-1-2-4-19(17)21)15-23-13-16-5-7-18(8-6-16)26-20-14-22-11-12-24-20/h1-8,11-12,14,23,25H,9-10,13,15H2. The number of nitrogens with zero attached hydrogens (tertiary/aromatic N) is 2. The monoisotopic (exact) mass is 347 g/mol. The molecule has 1 atom stereocenters. The third kappa shape index (κ3) is 3.59. The molecule has 0 amide bonds. The predicted molar refractivity (Wildman–Crippen MR) is 98.9 cm³/mol. The fourth-order valence-corrected chi connectivity index (χ4v) is 3.40. The summed E-state index contributed by atoms with van der Waals surface area (Å²) in [6, 6.07) is 16.0. The van der Waals surface area contributed by atoms with Crippen molar-refractivity contribution in [1.29, 1.82) is 0 Å². The van der Waals surface area contributed by atoms with Crippen molar-refractivity contribution in [2.24, 2.45) is 0 Å². The van der Waals surface area contributed by atoms with Crippen LogP contribution in [0.25, 0.3) is 0 Å². The third-order valence-electron chi connectivity index (χ3n) is 4.76. The van der Waals surface area contributed by atoms with Gasteiger partial charge in [-0.15, -0.1) is 0 Å². The first-order chi connectivity index (χ1) is 12.7. The number of aliphatic hydroxyl groups is 1. The van der Waals surface area contributed by atoms with Gasteiger partial charge in [0.2, 0.25) is 5.88 Å². The van der Waals surface area contributed by atoms with Gasteiger partial charge in [-0.3, -0.25) is 4.98 Å². The average Bonchev–Trinajstić information content (AvgIpc) is 3.02. The second-order valence-electron chi connectivity index (χ2n) is 6.58.